The normalized spacial score (nSPS) is 22.4. The van der Waals surface area contributed by atoms with Crippen LogP contribution in [0.15, 0.2) is 42.0 Å². The fourth-order valence-electron chi connectivity index (χ4n) is 4.28. The topological polar surface area (TPSA) is 58.1 Å². The second kappa shape index (κ2) is 7.17. The van der Waals surface area contributed by atoms with Crippen LogP contribution in [0.1, 0.15) is 36.3 Å². The third-order valence-corrected chi connectivity index (χ3v) is 7.09. The lowest BCUT2D eigenvalue weighted by molar-refractivity contribution is -0.123. The maximum absolute atomic E-state index is 12.6. The Bertz CT molecular complexity index is 994. The summed E-state index contributed by atoms with van der Waals surface area (Å²) >= 11 is 1.72. The summed E-state index contributed by atoms with van der Waals surface area (Å²) in [7, 11) is 0. The molecule has 2 aliphatic rings. The number of hydrogen-bond donors (Lipinski definition) is 1. The van der Waals surface area contributed by atoms with E-state index in [9.17, 15) is 4.79 Å². The number of hydrogen-bond acceptors (Lipinski definition) is 5. The van der Waals surface area contributed by atoms with Gasteiger partial charge in [0.1, 0.15) is 12.1 Å². The van der Waals surface area contributed by atoms with Gasteiger partial charge in [-0.25, -0.2) is 9.97 Å². The molecule has 6 heteroatoms. The van der Waals surface area contributed by atoms with Crippen molar-refractivity contribution >= 4 is 33.3 Å². The Morgan fingerprint density at radius 1 is 1.18 bits per heavy atom. The molecule has 0 radical (unpaired) electrons. The minimum absolute atomic E-state index is 0.149. The zero-order valence-corrected chi connectivity index (χ0v) is 16.8. The van der Waals surface area contributed by atoms with Gasteiger partial charge in [0.2, 0.25) is 5.91 Å². The molecule has 3 aromatic rings. The van der Waals surface area contributed by atoms with E-state index in [1.165, 1.54) is 15.8 Å². The third-order valence-electron chi connectivity index (χ3n) is 6.01. The summed E-state index contributed by atoms with van der Waals surface area (Å²) in [6.07, 6.45) is 4.57. The molecule has 28 heavy (non-hydrogen) atoms. The first-order valence-corrected chi connectivity index (χ1v) is 10.9. The van der Waals surface area contributed by atoms with Crippen LogP contribution in [0.4, 0.5) is 5.82 Å². The van der Waals surface area contributed by atoms with Crippen molar-refractivity contribution in [2.24, 2.45) is 5.92 Å². The molecule has 2 aromatic heterocycles. The van der Waals surface area contributed by atoms with Gasteiger partial charge >= 0.3 is 0 Å². The summed E-state index contributed by atoms with van der Waals surface area (Å²) in [6, 6.07) is 10.7. The number of aryl methyl sites for hydroxylation is 1. The number of piperidine rings is 1. The maximum atomic E-state index is 12.6. The minimum Gasteiger partial charge on any atom is -0.355 e. The molecular formula is C22H24N4OS. The number of rotatable bonds is 4. The zero-order valence-electron chi connectivity index (χ0n) is 16.0. The molecule has 0 spiro atoms. The van der Waals surface area contributed by atoms with Gasteiger partial charge in [-0.05, 0) is 48.6 Å². The Hall–Kier alpha value is -2.47. The van der Waals surface area contributed by atoms with Crippen LogP contribution >= 0.6 is 11.3 Å². The summed E-state index contributed by atoms with van der Waals surface area (Å²) < 4.78 is 1.17. The SMILES string of the molecule is Cc1csc2c(N3CCC(NC(=O)C4CC4c4ccccc4)CC3)ncnc12. The Balaban J connectivity index is 1.18. The molecule has 5 rings (SSSR count). The molecule has 1 saturated heterocycles. The first-order chi connectivity index (χ1) is 13.7. The van der Waals surface area contributed by atoms with E-state index in [0.717, 1.165) is 43.7 Å². The number of amides is 1. The number of carbonyl (C=O) groups excluding carboxylic acids is 1. The highest BCUT2D eigenvalue weighted by Gasteiger charge is 2.44. The van der Waals surface area contributed by atoms with Gasteiger partial charge in [0, 0.05) is 25.0 Å². The van der Waals surface area contributed by atoms with Gasteiger partial charge in [-0.3, -0.25) is 4.79 Å². The van der Waals surface area contributed by atoms with Crippen molar-refractivity contribution in [1.29, 1.82) is 0 Å². The molecular weight excluding hydrogens is 368 g/mol. The average molecular weight is 393 g/mol. The molecule has 1 aliphatic carbocycles. The van der Waals surface area contributed by atoms with Crippen LogP contribution in [-0.2, 0) is 4.79 Å². The van der Waals surface area contributed by atoms with Crippen molar-refractivity contribution in [1.82, 2.24) is 15.3 Å². The fraction of sp³-hybridized carbons (Fsp3) is 0.409. The molecule has 144 valence electrons. The van der Waals surface area contributed by atoms with Crippen LogP contribution in [0.3, 0.4) is 0 Å². The lowest BCUT2D eigenvalue weighted by Gasteiger charge is -2.33. The molecule has 2 fully saturated rings. The quantitative estimate of drug-likeness (QED) is 0.732. The molecule has 1 aliphatic heterocycles. The van der Waals surface area contributed by atoms with E-state index >= 15 is 0 Å². The summed E-state index contributed by atoms with van der Waals surface area (Å²) in [6.45, 7) is 3.93. The number of benzene rings is 1. The number of nitrogens with zero attached hydrogens (tertiary/aromatic N) is 3. The maximum Gasteiger partial charge on any atom is 0.223 e. The molecule has 5 nitrogen and oxygen atoms in total. The monoisotopic (exact) mass is 392 g/mol. The van der Waals surface area contributed by atoms with Crippen molar-refractivity contribution < 1.29 is 4.79 Å². The highest BCUT2D eigenvalue weighted by Crippen LogP contribution is 2.47. The number of anilines is 1. The summed E-state index contributed by atoms with van der Waals surface area (Å²) in [5, 5.41) is 5.45. The summed E-state index contributed by atoms with van der Waals surface area (Å²) in [5.74, 6) is 1.82. The fourth-order valence-corrected chi connectivity index (χ4v) is 5.30. The molecule has 2 unspecified atom stereocenters. The number of nitrogens with one attached hydrogen (secondary N) is 1. The van der Waals surface area contributed by atoms with Crippen LogP contribution in [0.5, 0.6) is 0 Å². The van der Waals surface area contributed by atoms with Gasteiger partial charge in [0.05, 0.1) is 10.2 Å². The molecule has 2 atom stereocenters. The van der Waals surface area contributed by atoms with Crippen LogP contribution in [0, 0.1) is 12.8 Å². The van der Waals surface area contributed by atoms with Gasteiger partial charge in [-0.2, -0.15) is 0 Å². The number of thiophene rings is 1. The largest absolute Gasteiger partial charge is 0.355 e. The van der Waals surface area contributed by atoms with E-state index in [1.807, 2.05) is 6.07 Å². The second-order valence-electron chi connectivity index (χ2n) is 7.92. The smallest absolute Gasteiger partial charge is 0.223 e. The standard InChI is InChI=1S/C22H24N4OS/c1-14-12-28-20-19(14)23-13-24-21(20)26-9-7-16(8-10-26)25-22(27)18-11-17(18)15-5-3-2-4-6-15/h2-6,12-13,16-18H,7-11H2,1H3,(H,25,27). The van der Waals surface area contributed by atoms with Crippen molar-refractivity contribution in [3.05, 3.63) is 53.2 Å². The average Bonchev–Trinajstić information content (AvgIpc) is 3.46. The Kier molecular flexibility index (Phi) is 4.51. The predicted octanol–water partition coefficient (Wildman–Crippen LogP) is 3.89. The first-order valence-electron chi connectivity index (χ1n) is 10.00. The van der Waals surface area contributed by atoms with E-state index in [4.69, 9.17) is 0 Å². The molecule has 0 bridgehead atoms. The van der Waals surface area contributed by atoms with Crippen molar-refractivity contribution in [2.45, 2.75) is 38.1 Å². The third kappa shape index (κ3) is 3.26. The number of aromatic nitrogens is 2. The minimum atomic E-state index is 0.149. The van der Waals surface area contributed by atoms with Crippen LogP contribution in [0.2, 0.25) is 0 Å². The highest BCUT2D eigenvalue weighted by atomic mass is 32.1. The molecule has 1 aromatic carbocycles. The molecule has 1 N–H and O–H groups in total. The first kappa shape index (κ1) is 17.6. The van der Waals surface area contributed by atoms with Gasteiger partial charge in [0.25, 0.3) is 0 Å². The van der Waals surface area contributed by atoms with Gasteiger partial charge in [-0.15, -0.1) is 11.3 Å². The Morgan fingerprint density at radius 3 is 2.75 bits per heavy atom. The lowest BCUT2D eigenvalue weighted by atomic mass is 10.0. The lowest BCUT2D eigenvalue weighted by Crippen LogP contribution is -2.45. The Morgan fingerprint density at radius 2 is 1.96 bits per heavy atom. The number of fused-ring (bicyclic) bond motifs is 1. The molecule has 1 saturated carbocycles. The number of carbonyl (C=O) groups is 1. The van der Waals surface area contributed by atoms with Gasteiger partial charge in [-0.1, -0.05) is 30.3 Å². The van der Waals surface area contributed by atoms with Gasteiger partial charge in [0.15, 0.2) is 0 Å². The summed E-state index contributed by atoms with van der Waals surface area (Å²) in [4.78, 5) is 24.0. The van der Waals surface area contributed by atoms with Crippen molar-refractivity contribution in [2.75, 3.05) is 18.0 Å². The predicted molar refractivity (Wildman–Crippen MR) is 113 cm³/mol. The van der Waals surface area contributed by atoms with E-state index in [-0.39, 0.29) is 17.9 Å². The molecule has 1 amide bonds. The Labute approximate surface area is 168 Å². The zero-order chi connectivity index (χ0) is 19.1. The second-order valence-corrected chi connectivity index (χ2v) is 8.80. The van der Waals surface area contributed by atoms with Crippen molar-refractivity contribution in [3.8, 4) is 0 Å². The van der Waals surface area contributed by atoms with E-state index in [2.05, 4.69) is 56.8 Å². The van der Waals surface area contributed by atoms with Crippen molar-refractivity contribution in [3.63, 3.8) is 0 Å². The molecule has 3 heterocycles. The van der Waals surface area contributed by atoms with E-state index in [0.29, 0.717) is 5.92 Å². The van der Waals surface area contributed by atoms with E-state index < -0.39 is 0 Å². The highest BCUT2D eigenvalue weighted by molar-refractivity contribution is 7.18. The van der Waals surface area contributed by atoms with Gasteiger partial charge < -0.3 is 10.2 Å². The summed E-state index contributed by atoms with van der Waals surface area (Å²) in [5.41, 5.74) is 3.56. The van der Waals surface area contributed by atoms with Crippen LogP contribution < -0.4 is 10.2 Å². The van der Waals surface area contributed by atoms with Crippen LogP contribution in [-0.4, -0.2) is 35.0 Å². The van der Waals surface area contributed by atoms with E-state index in [1.54, 1.807) is 17.7 Å². The van der Waals surface area contributed by atoms with Crippen LogP contribution in [0.25, 0.3) is 10.2 Å².